The molecule has 6 nitrogen and oxygen atoms in total. The van der Waals surface area contributed by atoms with E-state index in [9.17, 15) is 14.4 Å². The monoisotopic (exact) mass is 1060 g/mol. The van der Waals surface area contributed by atoms with Gasteiger partial charge in [-0.05, 0) is 141 Å². The summed E-state index contributed by atoms with van der Waals surface area (Å²) in [7, 11) is 0. The minimum Gasteiger partial charge on any atom is -0.462 e. The third-order valence-corrected chi connectivity index (χ3v) is 11.9. The van der Waals surface area contributed by atoms with Gasteiger partial charge in [0, 0.05) is 19.3 Å². The number of hydrogen-bond donors (Lipinski definition) is 0. The van der Waals surface area contributed by atoms with Crippen LogP contribution >= 0.6 is 0 Å². The quantitative estimate of drug-likeness (QED) is 0.0261. The van der Waals surface area contributed by atoms with Crippen molar-refractivity contribution in [3.8, 4) is 0 Å². The van der Waals surface area contributed by atoms with Crippen LogP contribution in [0.25, 0.3) is 0 Å². The molecule has 0 spiro atoms. The van der Waals surface area contributed by atoms with E-state index in [2.05, 4.69) is 203 Å². The Labute approximate surface area is 472 Å². The van der Waals surface area contributed by atoms with E-state index in [-0.39, 0.29) is 37.5 Å². The molecule has 77 heavy (non-hydrogen) atoms. The summed E-state index contributed by atoms with van der Waals surface area (Å²) in [5.41, 5.74) is 0. The second kappa shape index (κ2) is 63.0. The summed E-state index contributed by atoms with van der Waals surface area (Å²) >= 11 is 0. The first kappa shape index (κ1) is 71.5. The third-order valence-electron chi connectivity index (χ3n) is 11.9. The highest BCUT2D eigenvalue weighted by Gasteiger charge is 2.19. The standard InChI is InChI=1S/C71H108O6/c1-4-7-10-13-15-17-19-21-23-25-27-28-29-30-31-32-33-34-35-36-37-38-39-40-41-42-44-45-47-49-51-53-55-58-61-64-70(73)76-67-68(66-75-69(72)63-60-57-12-9-6-3)77-71(74)65-62-59-56-54-52-50-48-46-43-26-24-22-20-18-16-14-11-8-5-2/h7-8,10-11,15-18,21-24,27-28,30-31,33-34,36-37,39-40,42-44,46-47,49-50,52,68H,4-6,9,12-14,19-20,25-26,29,32,35,38,41,45,48,51,53-67H2,1-3H3/b10-7-,11-8-,17-15-,18-16-,23-21-,24-22-,28-27-,31-30-,34-33-,37-36-,40-39-,44-42-,46-43-,49-47-,52-50-. The van der Waals surface area contributed by atoms with Crippen molar-refractivity contribution in [2.75, 3.05) is 13.2 Å². The Morgan fingerprint density at radius 3 is 0.792 bits per heavy atom. The van der Waals surface area contributed by atoms with Crippen LogP contribution in [0.5, 0.6) is 0 Å². The maximum Gasteiger partial charge on any atom is 0.306 e. The summed E-state index contributed by atoms with van der Waals surface area (Å²) in [4.78, 5) is 37.8. The van der Waals surface area contributed by atoms with Gasteiger partial charge in [0.05, 0.1) is 0 Å². The molecule has 0 N–H and O–H groups in total. The van der Waals surface area contributed by atoms with E-state index >= 15 is 0 Å². The number of unbranched alkanes of at least 4 members (excludes halogenated alkanes) is 11. The Morgan fingerprint density at radius 1 is 0.273 bits per heavy atom. The molecule has 0 saturated heterocycles. The Kier molecular flexibility index (Phi) is 58.6. The van der Waals surface area contributed by atoms with E-state index in [4.69, 9.17) is 14.2 Å². The highest BCUT2D eigenvalue weighted by atomic mass is 16.6. The molecular weight excluding hydrogens is 949 g/mol. The Hall–Kier alpha value is -5.49. The fourth-order valence-corrected chi connectivity index (χ4v) is 7.44. The lowest BCUT2D eigenvalue weighted by Gasteiger charge is -2.18. The highest BCUT2D eigenvalue weighted by molar-refractivity contribution is 5.71. The summed E-state index contributed by atoms with van der Waals surface area (Å²) in [5.74, 6) is -0.994. The smallest absolute Gasteiger partial charge is 0.306 e. The lowest BCUT2D eigenvalue weighted by molar-refractivity contribution is -0.167. The minimum absolute atomic E-state index is 0.109. The van der Waals surface area contributed by atoms with Gasteiger partial charge in [-0.25, -0.2) is 0 Å². The van der Waals surface area contributed by atoms with Crippen LogP contribution in [0.1, 0.15) is 226 Å². The predicted molar refractivity (Wildman–Crippen MR) is 334 cm³/mol. The van der Waals surface area contributed by atoms with Crippen LogP contribution in [0.4, 0.5) is 0 Å². The predicted octanol–water partition coefficient (Wildman–Crippen LogP) is 20.9. The molecule has 0 heterocycles. The first-order valence-electron chi connectivity index (χ1n) is 30.3. The van der Waals surface area contributed by atoms with Crippen LogP contribution < -0.4 is 0 Å². The second-order valence-corrected chi connectivity index (χ2v) is 19.1. The lowest BCUT2D eigenvalue weighted by Crippen LogP contribution is -2.30. The number of esters is 3. The highest BCUT2D eigenvalue weighted by Crippen LogP contribution is 2.12. The van der Waals surface area contributed by atoms with E-state index in [1.807, 2.05) is 0 Å². The van der Waals surface area contributed by atoms with Crippen molar-refractivity contribution in [3.63, 3.8) is 0 Å². The molecule has 0 radical (unpaired) electrons. The van der Waals surface area contributed by atoms with Crippen molar-refractivity contribution >= 4 is 17.9 Å². The Morgan fingerprint density at radius 2 is 0.506 bits per heavy atom. The fourth-order valence-electron chi connectivity index (χ4n) is 7.44. The van der Waals surface area contributed by atoms with Crippen molar-refractivity contribution < 1.29 is 28.6 Å². The van der Waals surface area contributed by atoms with Gasteiger partial charge in [-0.2, -0.15) is 0 Å². The first-order chi connectivity index (χ1) is 38.0. The maximum atomic E-state index is 12.8. The average molecular weight is 1060 g/mol. The van der Waals surface area contributed by atoms with Crippen molar-refractivity contribution in [2.24, 2.45) is 0 Å². The fraction of sp³-hybridized carbons (Fsp3) is 0.535. The third kappa shape index (κ3) is 61.2. The van der Waals surface area contributed by atoms with E-state index in [0.29, 0.717) is 19.3 Å². The van der Waals surface area contributed by atoms with Gasteiger partial charge in [-0.1, -0.05) is 248 Å². The van der Waals surface area contributed by atoms with Gasteiger partial charge in [0.1, 0.15) is 13.2 Å². The maximum absolute atomic E-state index is 12.8. The van der Waals surface area contributed by atoms with Crippen molar-refractivity contribution in [1.82, 2.24) is 0 Å². The van der Waals surface area contributed by atoms with Crippen molar-refractivity contribution in [1.29, 1.82) is 0 Å². The van der Waals surface area contributed by atoms with Crippen LogP contribution in [-0.2, 0) is 28.6 Å². The van der Waals surface area contributed by atoms with E-state index in [0.717, 1.165) is 180 Å². The van der Waals surface area contributed by atoms with Gasteiger partial charge in [0.2, 0.25) is 0 Å². The zero-order valence-electron chi connectivity index (χ0n) is 48.9. The summed E-state index contributed by atoms with van der Waals surface area (Å²) in [6.07, 6.45) is 95.1. The Balaban J connectivity index is 4.21. The number of allylic oxidation sites excluding steroid dienone is 30. The topological polar surface area (TPSA) is 78.9 Å². The van der Waals surface area contributed by atoms with E-state index in [1.54, 1.807) is 0 Å². The first-order valence-corrected chi connectivity index (χ1v) is 30.3. The molecule has 1 unspecified atom stereocenters. The van der Waals surface area contributed by atoms with E-state index < -0.39 is 6.10 Å². The molecule has 0 amide bonds. The molecule has 0 bridgehead atoms. The molecule has 0 aromatic carbocycles. The molecule has 0 fully saturated rings. The summed E-state index contributed by atoms with van der Waals surface area (Å²) in [6, 6.07) is 0. The van der Waals surface area contributed by atoms with Gasteiger partial charge in [-0.3, -0.25) is 14.4 Å². The summed E-state index contributed by atoms with van der Waals surface area (Å²) in [6.45, 7) is 6.25. The molecule has 0 aliphatic heterocycles. The van der Waals surface area contributed by atoms with Crippen LogP contribution in [-0.4, -0.2) is 37.2 Å². The molecule has 428 valence electrons. The lowest BCUT2D eigenvalue weighted by atomic mass is 10.1. The summed E-state index contributed by atoms with van der Waals surface area (Å²) < 4.78 is 16.7. The van der Waals surface area contributed by atoms with Crippen LogP contribution in [0.15, 0.2) is 182 Å². The van der Waals surface area contributed by atoms with E-state index in [1.165, 1.54) is 0 Å². The molecular formula is C71H108O6. The normalized spacial score (nSPS) is 13.4. The Bertz CT molecular complexity index is 1840. The number of rotatable bonds is 52. The van der Waals surface area contributed by atoms with Gasteiger partial charge >= 0.3 is 17.9 Å². The van der Waals surface area contributed by atoms with Gasteiger partial charge < -0.3 is 14.2 Å². The van der Waals surface area contributed by atoms with Crippen molar-refractivity contribution in [2.45, 2.75) is 232 Å². The molecule has 0 aliphatic carbocycles. The van der Waals surface area contributed by atoms with Crippen molar-refractivity contribution in [3.05, 3.63) is 182 Å². The molecule has 1 atom stereocenters. The molecule has 0 aromatic heterocycles. The number of carbonyl (C=O) groups excluding carboxylic acids is 3. The molecule has 0 aromatic rings. The van der Waals surface area contributed by atoms with Gasteiger partial charge in [0.15, 0.2) is 6.10 Å². The molecule has 6 heteroatoms. The largest absolute Gasteiger partial charge is 0.462 e. The van der Waals surface area contributed by atoms with Gasteiger partial charge in [-0.15, -0.1) is 0 Å². The average Bonchev–Trinajstić information content (AvgIpc) is 3.43. The van der Waals surface area contributed by atoms with Crippen LogP contribution in [0.3, 0.4) is 0 Å². The van der Waals surface area contributed by atoms with Crippen LogP contribution in [0.2, 0.25) is 0 Å². The molecule has 0 aliphatic rings. The molecule has 0 saturated carbocycles. The SMILES string of the molecule is CC/C=C\C/C=C\C/C=C\C/C=C\C/C=C\C/C=C\C/C=C\C/C=C\C/C=C\C/C=C\CCCCCCC(=O)OCC(COC(=O)CCCCCCC)OC(=O)CCCCC/C=C\C/C=C\C/C=C\C/C=C\C/C=C\CC. The van der Waals surface area contributed by atoms with Gasteiger partial charge in [0.25, 0.3) is 0 Å². The van der Waals surface area contributed by atoms with Crippen LogP contribution in [0, 0.1) is 0 Å². The summed E-state index contributed by atoms with van der Waals surface area (Å²) in [5, 5.41) is 0. The zero-order valence-corrected chi connectivity index (χ0v) is 48.9. The number of carbonyl (C=O) groups is 3. The molecule has 0 rings (SSSR count). The zero-order chi connectivity index (χ0) is 55.7. The second-order valence-electron chi connectivity index (χ2n) is 19.1. The minimum atomic E-state index is -0.812. The number of ether oxygens (including phenoxy) is 3. The number of hydrogen-bond acceptors (Lipinski definition) is 6.